The molecule has 0 saturated heterocycles. The second-order valence-corrected chi connectivity index (χ2v) is 4.53. The topological polar surface area (TPSA) is 77.1 Å². The fourth-order valence-electron chi connectivity index (χ4n) is 1.88. The number of nitrogens with zero attached hydrogens (tertiary/aromatic N) is 1. The van der Waals surface area contributed by atoms with E-state index in [1.807, 2.05) is 36.4 Å². The summed E-state index contributed by atoms with van der Waals surface area (Å²) in [5, 5.41) is 11.6. The van der Waals surface area contributed by atoms with Gasteiger partial charge in [0.05, 0.1) is 20.3 Å². The number of hydrogen-bond acceptors (Lipinski definition) is 4. The predicted octanol–water partition coefficient (Wildman–Crippen LogP) is 2.51. The summed E-state index contributed by atoms with van der Waals surface area (Å²) in [7, 11) is 1.64. The molecule has 0 spiro atoms. The van der Waals surface area contributed by atoms with Gasteiger partial charge in [0.15, 0.2) is 5.84 Å². The Bertz CT molecular complexity index is 609. The normalized spacial score (nSPS) is 11.4. The van der Waals surface area contributed by atoms with Crippen LogP contribution in [0.15, 0.2) is 53.7 Å². The molecule has 0 amide bonds. The van der Waals surface area contributed by atoms with Crippen molar-refractivity contribution in [2.75, 3.05) is 7.11 Å². The summed E-state index contributed by atoms with van der Waals surface area (Å²) in [6, 6.07) is 15.1. The highest BCUT2D eigenvalue weighted by Gasteiger charge is 2.00. The van der Waals surface area contributed by atoms with Crippen LogP contribution in [0.1, 0.15) is 16.7 Å². The molecule has 5 heteroatoms. The second-order valence-electron chi connectivity index (χ2n) is 4.53. The van der Waals surface area contributed by atoms with Gasteiger partial charge in [0, 0.05) is 5.56 Å². The fraction of sp³-hybridized carbons (Fsp3) is 0.188. The third-order valence-electron chi connectivity index (χ3n) is 3.03. The maximum Gasteiger partial charge on any atom is 0.170 e. The Kier molecular flexibility index (Phi) is 5.17. The second kappa shape index (κ2) is 7.31. The van der Waals surface area contributed by atoms with Crippen LogP contribution in [-0.2, 0) is 18.0 Å². The molecular formula is C16H18N2O3. The molecule has 2 aromatic carbocycles. The van der Waals surface area contributed by atoms with Gasteiger partial charge in [-0.15, -0.1) is 0 Å². The molecule has 5 nitrogen and oxygen atoms in total. The van der Waals surface area contributed by atoms with Crippen LogP contribution in [0.2, 0.25) is 0 Å². The van der Waals surface area contributed by atoms with Crippen molar-refractivity contribution in [1.29, 1.82) is 0 Å². The van der Waals surface area contributed by atoms with Crippen LogP contribution in [0, 0.1) is 0 Å². The van der Waals surface area contributed by atoms with Crippen LogP contribution in [0.3, 0.4) is 0 Å². The van der Waals surface area contributed by atoms with E-state index >= 15 is 0 Å². The molecule has 0 aliphatic heterocycles. The number of nitrogens with two attached hydrogens (primary N) is 1. The van der Waals surface area contributed by atoms with Gasteiger partial charge in [0.1, 0.15) is 5.75 Å². The van der Waals surface area contributed by atoms with Crippen LogP contribution in [0.25, 0.3) is 0 Å². The highest BCUT2D eigenvalue weighted by atomic mass is 16.5. The Labute approximate surface area is 123 Å². The van der Waals surface area contributed by atoms with Crippen molar-refractivity contribution < 1.29 is 14.7 Å². The first-order valence-electron chi connectivity index (χ1n) is 6.50. The van der Waals surface area contributed by atoms with Crippen LogP contribution >= 0.6 is 0 Å². The summed E-state index contributed by atoms with van der Waals surface area (Å²) < 4.78 is 10.8. The van der Waals surface area contributed by atoms with Gasteiger partial charge >= 0.3 is 0 Å². The predicted molar refractivity (Wildman–Crippen MR) is 80.4 cm³/mol. The van der Waals surface area contributed by atoms with Crippen molar-refractivity contribution in [2.24, 2.45) is 10.9 Å². The molecular weight excluding hydrogens is 268 g/mol. The lowest BCUT2D eigenvalue weighted by Crippen LogP contribution is -2.12. The summed E-state index contributed by atoms with van der Waals surface area (Å²) in [5.41, 5.74) is 8.26. The van der Waals surface area contributed by atoms with Gasteiger partial charge in [-0.05, 0) is 23.3 Å². The molecule has 0 aromatic heterocycles. The lowest BCUT2D eigenvalue weighted by atomic mass is 10.1. The number of benzene rings is 2. The minimum atomic E-state index is 0.0962. The number of rotatable bonds is 6. The van der Waals surface area contributed by atoms with Crippen molar-refractivity contribution in [2.45, 2.75) is 13.2 Å². The van der Waals surface area contributed by atoms with Gasteiger partial charge < -0.3 is 20.4 Å². The third kappa shape index (κ3) is 4.22. The number of hydrogen-bond donors (Lipinski definition) is 2. The Morgan fingerprint density at radius 2 is 1.81 bits per heavy atom. The van der Waals surface area contributed by atoms with E-state index in [9.17, 15) is 0 Å². The first kappa shape index (κ1) is 14.9. The van der Waals surface area contributed by atoms with Gasteiger partial charge in [-0.1, -0.05) is 41.6 Å². The molecule has 110 valence electrons. The Morgan fingerprint density at radius 3 is 2.48 bits per heavy atom. The van der Waals surface area contributed by atoms with E-state index in [-0.39, 0.29) is 5.84 Å². The SMILES string of the molecule is COc1cccc(COCc2ccc(/C(N)=N/O)cc2)c1. The summed E-state index contributed by atoms with van der Waals surface area (Å²) in [6.07, 6.45) is 0. The summed E-state index contributed by atoms with van der Waals surface area (Å²) >= 11 is 0. The fourth-order valence-corrected chi connectivity index (χ4v) is 1.88. The molecule has 0 atom stereocenters. The van der Waals surface area contributed by atoms with Crippen LogP contribution in [0.4, 0.5) is 0 Å². The minimum absolute atomic E-state index is 0.0962. The number of methoxy groups -OCH3 is 1. The van der Waals surface area contributed by atoms with Gasteiger partial charge in [0.25, 0.3) is 0 Å². The molecule has 3 N–H and O–H groups in total. The first-order valence-corrected chi connectivity index (χ1v) is 6.50. The number of ether oxygens (including phenoxy) is 2. The van der Waals surface area contributed by atoms with E-state index in [0.29, 0.717) is 18.8 Å². The molecule has 0 aliphatic rings. The average molecular weight is 286 g/mol. The molecule has 0 radical (unpaired) electrons. The zero-order valence-electron chi connectivity index (χ0n) is 11.8. The van der Waals surface area contributed by atoms with Crippen molar-refractivity contribution in [1.82, 2.24) is 0 Å². The maximum atomic E-state index is 8.60. The number of amidine groups is 1. The molecule has 0 saturated carbocycles. The highest BCUT2D eigenvalue weighted by Crippen LogP contribution is 2.14. The molecule has 21 heavy (non-hydrogen) atoms. The first-order chi connectivity index (χ1) is 10.2. The number of oxime groups is 1. The van der Waals surface area contributed by atoms with Crippen LogP contribution < -0.4 is 10.5 Å². The van der Waals surface area contributed by atoms with E-state index < -0.39 is 0 Å². The van der Waals surface area contributed by atoms with Crippen LogP contribution in [-0.4, -0.2) is 18.2 Å². The summed E-state index contributed by atoms with van der Waals surface area (Å²) in [6.45, 7) is 1.01. The Hall–Kier alpha value is -2.53. The van der Waals surface area contributed by atoms with Crippen molar-refractivity contribution in [3.63, 3.8) is 0 Å². The lowest BCUT2D eigenvalue weighted by molar-refractivity contribution is 0.107. The van der Waals surface area contributed by atoms with E-state index in [4.69, 9.17) is 20.4 Å². The van der Waals surface area contributed by atoms with Crippen LogP contribution in [0.5, 0.6) is 5.75 Å². The van der Waals surface area contributed by atoms with Gasteiger partial charge in [0.2, 0.25) is 0 Å². The van der Waals surface area contributed by atoms with Crippen molar-refractivity contribution in [3.05, 3.63) is 65.2 Å². The van der Waals surface area contributed by atoms with E-state index in [1.165, 1.54) is 0 Å². The van der Waals surface area contributed by atoms with Crippen molar-refractivity contribution >= 4 is 5.84 Å². The Morgan fingerprint density at radius 1 is 1.10 bits per heavy atom. The van der Waals surface area contributed by atoms with Gasteiger partial charge in [-0.3, -0.25) is 0 Å². The van der Waals surface area contributed by atoms with E-state index in [0.717, 1.165) is 16.9 Å². The standard InChI is InChI=1S/C16H18N2O3/c1-20-15-4-2-3-13(9-15)11-21-10-12-5-7-14(8-6-12)16(17)18-19/h2-9,19H,10-11H2,1H3,(H2,17,18). The molecule has 0 heterocycles. The maximum absolute atomic E-state index is 8.60. The highest BCUT2D eigenvalue weighted by molar-refractivity contribution is 5.96. The molecule has 0 fully saturated rings. The molecule has 2 rings (SSSR count). The van der Waals surface area contributed by atoms with E-state index in [2.05, 4.69) is 5.16 Å². The monoisotopic (exact) mass is 286 g/mol. The zero-order chi connectivity index (χ0) is 15.1. The van der Waals surface area contributed by atoms with Crippen molar-refractivity contribution in [3.8, 4) is 5.75 Å². The van der Waals surface area contributed by atoms with Gasteiger partial charge in [-0.25, -0.2) is 0 Å². The van der Waals surface area contributed by atoms with E-state index in [1.54, 1.807) is 19.2 Å². The molecule has 0 aliphatic carbocycles. The largest absolute Gasteiger partial charge is 0.497 e. The third-order valence-corrected chi connectivity index (χ3v) is 3.03. The summed E-state index contributed by atoms with van der Waals surface area (Å²) in [5.74, 6) is 0.915. The molecule has 0 unspecified atom stereocenters. The smallest absolute Gasteiger partial charge is 0.170 e. The summed E-state index contributed by atoms with van der Waals surface area (Å²) in [4.78, 5) is 0. The zero-order valence-corrected chi connectivity index (χ0v) is 11.8. The quantitative estimate of drug-likeness (QED) is 0.370. The molecule has 0 bridgehead atoms. The average Bonchev–Trinajstić information content (AvgIpc) is 2.55. The van der Waals surface area contributed by atoms with Gasteiger partial charge in [-0.2, -0.15) is 0 Å². The minimum Gasteiger partial charge on any atom is -0.497 e. The molecule has 2 aromatic rings. The Balaban J connectivity index is 1.88. The lowest BCUT2D eigenvalue weighted by Gasteiger charge is -2.07.